The van der Waals surface area contributed by atoms with Gasteiger partial charge in [-0.15, -0.1) is 0 Å². The van der Waals surface area contributed by atoms with Crippen LogP contribution in [0, 0.1) is 6.92 Å². The first kappa shape index (κ1) is 14.8. The zero-order valence-corrected chi connectivity index (χ0v) is 12.1. The summed E-state index contributed by atoms with van der Waals surface area (Å²) in [6, 6.07) is 5.24. The standard InChI is InChI=1S/C15H21NO4/c1-4-20-13-8-12(14(13)19-3)16-11-7-10(15(17)18)6-5-9(11)2/h5-7,12-14,16H,4,8H2,1-3H3,(H,17,18). The number of aryl methyl sites for hydroxylation is 1. The van der Waals surface area contributed by atoms with Crippen molar-refractivity contribution in [3.63, 3.8) is 0 Å². The van der Waals surface area contributed by atoms with Gasteiger partial charge in [0.2, 0.25) is 0 Å². The average molecular weight is 279 g/mol. The number of hydrogen-bond donors (Lipinski definition) is 2. The number of carboxylic acid groups (broad SMARTS) is 1. The van der Waals surface area contributed by atoms with E-state index in [1.807, 2.05) is 19.9 Å². The lowest BCUT2D eigenvalue weighted by molar-refractivity contribution is -0.118. The monoisotopic (exact) mass is 279 g/mol. The summed E-state index contributed by atoms with van der Waals surface area (Å²) in [5.74, 6) is -0.919. The topological polar surface area (TPSA) is 67.8 Å². The van der Waals surface area contributed by atoms with Crippen LogP contribution in [0.5, 0.6) is 0 Å². The molecule has 3 unspecified atom stereocenters. The second-order valence-electron chi connectivity index (χ2n) is 5.02. The molecule has 0 radical (unpaired) electrons. The van der Waals surface area contributed by atoms with Crippen molar-refractivity contribution in [1.82, 2.24) is 0 Å². The van der Waals surface area contributed by atoms with Gasteiger partial charge in [0.1, 0.15) is 6.10 Å². The summed E-state index contributed by atoms with van der Waals surface area (Å²) in [7, 11) is 1.67. The molecule has 110 valence electrons. The molecule has 1 aliphatic carbocycles. The van der Waals surface area contributed by atoms with Gasteiger partial charge in [0.15, 0.2) is 0 Å². The van der Waals surface area contributed by atoms with Gasteiger partial charge in [0.05, 0.1) is 17.7 Å². The largest absolute Gasteiger partial charge is 0.478 e. The Morgan fingerprint density at radius 2 is 2.25 bits per heavy atom. The molecule has 2 rings (SSSR count). The van der Waals surface area contributed by atoms with Crippen molar-refractivity contribution in [3.05, 3.63) is 29.3 Å². The third-order valence-corrected chi connectivity index (χ3v) is 3.73. The third kappa shape index (κ3) is 2.94. The number of ether oxygens (including phenoxy) is 2. The number of hydrogen-bond acceptors (Lipinski definition) is 4. The Morgan fingerprint density at radius 1 is 1.50 bits per heavy atom. The minimum absolute atomic E-state index is 0.00262. The number of carbonyl (C=O) groups is 1. The number of anilines is 1. The van der Waals surface area contributed by atoms with Crippen LogP contribution in [0.3, 0.4) is 0 Å². The fourth-order valence-electron chi connectivity index (χ4n) is 2.53. The molecule has 0 aliphatic heterocycles. The number of rotatable bonds is 6. The van der Waals surface area contributed by atoms with Crippen molar-refractivity contribution in [2.45, 2.75) is 38.5 Å². The molecule has 0 spiro atoms. The summed E-state index contributed by atoms with van der Waals surface area (Å²) in [4.78, 5) is 11.0. The molecule has 5 nitrogen and oxygen atoms in total. The molecule has 5 heteroatoms. The first-order valence-electron chi connectivity index (χ1n) is 6.81. The zero-order chi connectivity index (χ0) is 14.7. The van der Waals surface area contributed by atoms with E-state index in [1.165, 1.54) is 0 Å². The van der Waals surface area contributed by atoms with E-state index in [2.05, 4.69) is 5.32 Å². The zero-order valence-electron chi connectivity index (χ0n) is 12.1. The molecule has 1 aromatic carbocycles. The van der Waals surface area contributed by atoms with Crippen LogP contribution in [0.15, 0.2) is 18.2 Å². The molecule has 0 heterocycles. The van der Waals surface area contributed by atoms with Gasteiger partial charge in [-0.3, -0.25) is 0 Å². The highest BCUT2D eigenvalue weighted by Crippen LogP contribution is 2.31. The molecule has 0 saturated heterocycles. The lowest BCUT2D eigenvalue weighted by Crippen LogP contribution is -2.56. The smallest absolute Gasteiger partial charge is 0.335 e. The van der Waals surface area contributed by atoms with Crippen molar-refractivity contribution < 1.29 is 19.4 Å². The van der Waals surface area contributed by atoms with Crippen molar-refractivity contribution in [3.8, 4) is 0 Å². The van der Waals surface area contributed by atoms with Gasteiger partial charge in [-0.2, -0.15) is 0 Å². The summed E-state index contributed by atoms with van der Waals surface area (Å²) < 4.78 is 11.0. The molecule has 0 bridgehead atoms. The second kappa shape index (κ2) is 6.24. The second-order valence-corrected chi connectivity index (χ2v) is 5.02. The van der Waals surface area contributed by atoms with Gasteiger partial charge in [0, 0.05) is 19.4 Å². The molecule has 1 fully saturated rings. The number of carboxylic acids is 1. The fraction of sp³-hybridized carbons (Fsp3) is 0.533. The first-order chi connectivity index (χ1) is 9.56. The van der Waals surface area contributed by atoms with Gasteiger partial charge >= 0.3 is 5.97 Å². The molecule has 3 atom stereocenters. The minimum Gasteiger partial charge on any atom is -0.478 e. The van der Waals surface area contributed by atoms with Crippen LogP contribution in [0.25, 0.3) is 0 Å². The summed E-state index contributed by atoms with van der Waals surface area (Å²) in [6.07, 6.45) is 0.983. The first-order valence-corrected chi connectivity index (χ1v) is 6.81. The normalized spacial score (nSPS) is 25.1. The maximum atomic E-state index is 11.0. The Bertz CT molecular complexity index is 489. The minimum atomic E-state index is -0.919. The predicted molar refractivity (Wildman–Crippen MR) is 76.4 cm³/mol. The lowest BCUT2D eigenvalue weighted by Gasteiger charge is -2.44. The summed E-state index contributed by atoms with van der Waals surface area (Å²) in [6.45, 7) is 4.59. The molecule has 1 aliphatic rings. The molecule has 1 saturated carbocycles. The predicted octanol–water partition coefficient (Wildman–Crippen LogP) is 2.30. The van der Waals surface area contributed by atoms with Gasteiger partial charge in [-0.1, -0.05) is 6.07 Å². The number of methoxy groups -OCH3 is 1. The van der Waals surface area contributed by atoms with E-state index in [1.54, 1.807) is 19.2 Å². The van der Waals surface area contributed by atoms with Crippen LogP contribution in [-0.4, -0.2) is 43.0 Å². The van der Waals surface area contributed by atoms with Gasteiger partial charge in [-0.25, -0.2) is 4.79 Å². The van der Waals surface area contributed by atoms with Crippen LogP contribution in [0.4, 0.5) is 5.69 Å². The SMILES string of the molecule is CCOC1CC(Nc2cc(C(=O)O)ccc2C)C1OC. The van der Waals surface area contributed by atoms with E-state index in [0.717, 1.165) is 17.7 Å². The number of nitrogens with one attached hydrogen (secondary N) is 1. The lowest BCUT2D eigenvalue weighted by atomic mass is 9.84. The summed E-state index contributed by atoms with van der Waals surface area (Å²) in [5.41, 5.74) is 2.14. The average Bonchev–Trinajstić information content (AvgIpc) is 2.39. The van der Waals surface area contributed by atoms with E-state index < -0.39 is 5.97 Å². The van der Waals surface area contributed by atoms with Crippen LogP contribution in [0.1, 0.15) is 29.3 Å². The fourth-order valence-corrected chi connectivity index (χ4v) is 2.53. The maximum Gasteiger partial charge on any atom is 0.335 e. The Balaban J connectivity index is 2.07. The highest BCUT2D eigenvalue weighted by Gasteiger charge is 2.42. The van der Waals surface area contributed by atoms with E-state index in [0.29, 0.717) is 6.61 Å². The Hall–Kier alpha value is -1.59. The Morgan fingerprint density at radius 3 is 2.85 bits per heavy atom. The van der Waals surface area contributed by atoms with Crippen molar-refractivity contribution in [2.75, 3.05) is 19.0 Å². The number of aromatic carboxylic acids is 1. The quantitative estimate of drug-likeness (QED) is 0.836. The van der Waals surface area contributed by atoms with Crippen molar-refractivity contribution >= 4 is 11.7 Å². The molecular formula is C15H21NO4. The highest BCUT2D eigenvalue weighted by molar-refractivity contribution is 5.89. The third-order valence-electron chi connectivity index (χ3n) is 3.73. The van der Waals surface area contributed by atoms with Gasteiger partial charge < -0.3 is 19.9 Å². The van der Waals surface area contributed by atoms with Crippen LogP contribution in [-0.2, 0) is 9.47 Å². The highest BCUT2D eigenvalue weighted by atomic mass is 16.5. The van der Waals surface area contributed by atoms with Crippen LogP contribution >= 0.6 is 0 Å². The van der Waals surface area contributed by atoms with Crippen LogP contribution < -0.4 is 5.32 Å². The number of benzene rings is 1. The molecular weight excluding hydrogens is 258 g/mol. The van der Waals surface area contributed by atoms with Crippen molar-refractivity contribution in [2.24, 2.45) is 0 Å². The molecule has 20 heavy (non-hydrogen) atoms. The van der Waals surface area contributed by atoms with E-state index in [-0.39, 0.29) is 23.8 Å². The molecule has 0 aromatic heterocycles. The van der Waals surface area contributed by atoms with Gasteiger partial charge in [-0.05, 0) is 38.0 Å². The molecule has 2 N–H and O–H groups in total. The van der Waals surface area contributed by atoms with E-state index in [4.69, 9.17) is 14.6 Å². The van der Waals surface area contributed by atoms with E-state index >= 15 is 0 Å². The Labute approximate surface area is 118 Å². The molecule has 0 amide bonds. The van der Waals surface area contributed by atoms with E-state index in [9.17, 15) is 4.79 Å². The van der Waals surface area contributed by atoms with Crippen molar-refractivity contribution in [1.29, 1.82) is 0 Å². The Kier molecular flexibility index (Phi) is 4.62. The van der Waals surface area contributed by atoms with Gasteiger partial charge in [0.25, 0.3) is 0 Å². The summed E-state index contributed by atoms with van der Waals surface area (Å²) in [5, 5.41) is 12.4. The maximum absolute atomic E-state index is 11.0. The molecule has 1 aromatic rings. The van der Waals surface area contributed by atoms with Crippen LogP contribution in [0.2, 0.25) is 0 Å². The summed E-state index contributed by atoms with van der Waals surface area (Å²) >= 11 is 0.